The monoisotopic (exact) mass is 284 g/mol. The van der Waals surface area contributed by atoms with Gasteiger partial charge in [-0.3, -0.25) is 4.79 Å². The van der Waals surface area contributed by atoms with Gasteiger partial charge in [0.25, 0.3) is 5.78 Å². The number of hydrogen-bond acceptors (Lipinski definition) is 3. The van der Waals surface area contributed by atoms with Gasteiger partial charge < -0.3 is 9.84 Å². The molecule has 0 heterocycles. The number of ether oxygens (including phenoxy) is 1. The third-order valence-corrected chi connectivity index (χ3v) is 3.18. The molecule has 2 aromatic carbocycles. The lowest BCUT2D eigenvalue weighted by molar-refractivity contribution is -0.131. The lowest BCUT2D eigenvalue weighted by Crippen LogP contribution is -2.16. The van der Waals surface area contributed by atoms with Gasteiger partial charge in [-0.2, -0.15) is 0 Å². The van der Waals surface area contributed by atoms with Crippen LogP contribution in [0.3, 0.4) is 0 Å². The molecule has 0 amide bonds. The number of aryl methyl sites for hydroxylation is 1. The Balaban J connectivity index is 2.06. The van der Waals surface area contributed by atoms with Crippen LogP contribution in [-0.2, 0) is 11.2 Å². The largest absolute Gasteiger partial charge is 0.493 e. The Labute approximate surface area is 123 Å². The molecule has 1 N–H and O–H groups in total. The molecule has 0 unspecified atom stereocenters. The molecule has 4 heteroatoms. The van der Waals surface area contributed by atoms with E-state index in [1.807, 2.05) is 31.2 Å². The van der Waals surface area contributed by atoms with Crippen LogP contribution >= 0.6 is 0 Å². The van der Waals surface area contributed by atoms with Gasteiger partial charge in [0.05, 0.1) is 6.61 Å². The molecule has 0 radical (unpaired) electrons. The molecule has 4 nitrogen and oxygen atoms in total. The van der Waals surface area contributed by atoms with Crippen LogP contribution < -0.4 is 4.74 Å². The Morgan fingerprint density at radius 3 is 2.43 bits per heavy atom. The zero-order chi connectivity index (χ0) is 15.2. The quantitative estimate of drug-likeness (QED) is 0.654. The molecular weight excluding hydrogens is 268 g/mol. The van der Waals surface area contributed by atoms with Crippen molar-refractivity contribution in [2.45, 2.75) is 13.3 Å². The molecule has 0 atom stereocenters. The first kappa shape index (κ1) is 14.8. The van der Waals surface area contributed by atoms with E-state index in [0.29, 0.717) is 18.6 Å². The van der Waals surface area contributed by atoms with Gasteiger partial charge in [0.1, 0.15) is 5.75 Å². The summed E-state index contributed by atoms with van der Waals surface area (Å²) in [6.07, 6.45) is 0.476. The summed E-state index contributed by atoms with van der Waals surface area (Å²) in [6, 6.07) is 14.4. The number of carbonyl (C=O) groups excluding carboxylic acids is 1. The number of rotatable bonds is 6. The maximum absolute atomic E-state index is 11.6. The number of carbonyl (C=O) groups is 2. The molecule has 0 fully saturated rings. The molecule has 108 valence electrons. The third kappa shape index (κ3) is 3.69. The second-order valence-electron chi connectivity index (χ2n) is 4.66. The maximum atomic E-state index is 11.6. The summed E-state index contributed by atoms with van der Waals surface area (Å²) in [4.78, 5) is 22.4. The molecule has 0 aliphatic heterocycles. The Hall–Kier alpha value is -2.62. The molecule has 0 aliphatic rings. The van der Waals surface area contributed by atoms with Crippen LogP contribution in [0.25, 0.3) is 0 Å². The van der Waals surface area contributed by atoms with Crippen molar-refractivity contribution in [3.63, 3.8) is 0 Å². The molecule has 0 aromatic heterocycles. The van der Waals surface area contributed by atoms with E-state index >= 15 is 0 Å². The predicted molar refractivity (Wildman–Crippen MR) is 78.8 cm³/mol. The van der Waals surface area contributed by atoms with Crippen molar-refractivity contribution < 1.29 is 19.4 Å². The molecule has 0 saturated heterocycles. The van der Waals surface area contributed by atoms with Crippen molar-refractivity contribution in [2.24, 2.45) is 0 Å². The second kappa shape index (κ2) is 6.70. The summed E-state index contributed by atoms with van der Waals surface area (Å²) < 4.78 is 5.68. The standard InChI is InChI=1S/C17H16O4/c1-12-6-2-5-9-15(12)21-11-10-13-7-3-4-8-14(13)16(18)17(19)20/h2-9H,10-11H2,1H3,(H,19,20). The molecule has 2 aromatic rings. The third-order valence-electron chi connectivity index (χ3n) is 3.18. The van der Waals surface area contributed by atoms with Gasteiger partial charge in [0.2, 0.25) is 0 Å². The first-order valence-electron chi connectivity index (χ1n) is 6.63. The summed E-state index contributed by atoms with van der Waals surface area (Å²) in [7, 11) is 0. The van der Waals surface area contributed by atoms with Crippen LogP contribution in [0.4, 0.5) is 0 Å². The van der Waals surface area contributed by atoms with Crippen LogP contribution in [0.2, 0.25) is 0 Å². The van der Waals surface area contributed by atoms with Gasteiger partial charge in [-0.1, -0.05) is 42.5 Å². The number of para-hydroxylation sites is 1. The number of ketones is 1. The fourth-order valence-electron chi connectivity index (χ4n) is 2.06. The first-order chi connectivity index (χ1) is 10.1. The molecule has 0 saturated carbocycles. The van der Waals surface area contributed by atoms with E-state index in [9.17, 15) is 9.59 Å². The lowest BCUT2D eigenvalue weighted by atomic mass is 10.0. The molecule has 0 spiro atoms. The highest BCUT2D eigenvalue weighted by atomic mass is 16.5. The molecular formula is C17H16O4. The summed E-state index contributed by atoms with van der Waals surface area (Å²) >= 11 is 0. The van der Waals surface area contributed by atoms with Crippen molar-refractivity contribution in [1.82, 2.24) is 0 Å². The average molecular weight is 284 g/mol. The van der Waals surface area contributed by atoms with E-state index in [2.05, 4.69) is 0 Å². The highest BCUT2D eigenvalue weighted by Gasteiger charge is 2.17. The molecule has 2 rings (SSSR count). The number of carboxylic acid groups (broad SMARTS) is 1. The molecule has 0 bridgehead atoms. The van der Waals surface area contributed by atoms with Crippen LogP contribution in [0.5, 0.6) is 5.75 Å². The Kier molecular flexibility index (Phi) is 4.72. The van der Waals surface area contributed by atoms with Gasteiger partial charge in [-0.05, 0) is 24.1 Å². The average Bonchev–Trinajstić information content (AvgIpc) is 2.49. The van der Waals surface area contributed by atoms with Crippen molar-refractivity contribution in [2.75, 3.05) is 6.61 Å². The highest BCUT2D eigenvalue weighted by molar-refractivity contribution is 6.40. The Morgan fingerprint density at radius 1 is 1.05 bits per heavy atom. The second-order valence-corrected chi connectivity index (χ2v) is 4.66. The minimum Gasteiger partial charge on any atom is -0.493 e. The summed E-state index contributed by atoms with van der Waals surface area (Å²) in [6.45, 7) is 2.34. The predicted octanol–water partition coefficient (Wildman–Crippen LogP) is 2.88. The number of hydrogen-bond donors (Lipinski definition) is 1. The first-order valence-corrected chi connectivity index (χ1v) is 6.63. The SMILES string of the molecule is Cc1ccccc1OCCc1ccccc1C(=O)C(=O)O. The smallest absolute Gasteiger partial charge is 0.377 e. The van der Waals surface area contributed by atoms with E-state index in [1.54, 1.807) is 18.2 Å². The van der Waals surface area contributed by atoms with Crippen LogP contribution in [0, 0.1) is 6.92 Å². The zero-order valence-corrected chi connectivity index (χ0v) is 11.7. The van der Waals surface area contributed by atoms with E-state index in [4.69, 9.17) is 9.84 Å². The van der Waals surface area contributed by atoms with Crippen molar-refractivity contribution in [1.29, 1.82) is 0 Å². The summed E-state index contributed by atoms with van der Waals surface area (Å²) in [5, 5.41) is 8.82. The zero-order valence-electron chi connectivity index (χ0n) is 11.7. The van der Waals surface area contributed by atoms with Crippen LogP contribution in [0.15, 0.2) is 48.5 Å². The fraction of sp³-hybridized carbons (Fsp3) is 0.176. The van der Waals surface area contributed by atoms with E-state index in [1.165, 1.54) is 6.07 Å². The van der Waals surface area contributed by atoms with Crippen LogP contribution in [0.1, 0.15) is 21.5 Å². The fourth-order valence-corrected chi connectivity index (χ4v) is 2.06. The Bertz CT molecular complexity index is 661. The van der Waals surface area contributed by atoms with Gasteiger partial charge in [0, 0.05) is 12.0 Å². The van der Waals surface area contributed by atoms with E-state index in [-0.39, 0.29) is 5.56 Å². The van der Waals surface area contributed by atoms with Gasteiger partial charge in [-0.25, -0.2) is 4.79 Å². The summed E-state index contributed by atoms with van der Waals surface area (Å²) in [5.41, 5.74) is 1.93. The number of benzene rings is 2. The van der Waals surface area contributed by atoms with Crippen molar-refractivity contribution in [3.8, 4) is 5.75 Å². The van der Waals surface area contributed by atoms with E-state index in [0.717, 1.165) is 11.3 Å². The minimum atomic E-state index is -1.44. The normalized spacial score (nSPS) is 10.1. The van der Waals surface area contributed by atoms with Crippen LogP contribution in [-0.4, -0.2) is 23.5 Å². The number of Topliss-reactive ketones (excluding diaryl/α,β-unsaturated/α-hetero) is 1. The van der Waals surface area contributed by atoms with Gasteiger partial charge >= 0.3 is 5.97 Å². The van der Waals surface area contributed by atoms with Gasteiger partial charge in [-0.15, -0.1) is 0 Å². The van der Waals surface area contributed by atoms with Crippen molar-refractivity contribution in [3.05, 3.63) is 65.2 Å². The van der Waals surface area contributed by atoms with Gasteiger partial charge in [0.15, 0.2) is 0 Å². The van der Waals surface area contributed by atoms with Crippen molar-refractivity contribution >= 4 is 11.8 Å². The molecule has 0 aliphatic carbocycles. The Morgan fingerprint density at radius 2 is 1.71 bits per heavy atom. The minimum absolute atomic E-state index is 0.221. The summed E-state index contributed by atoms with van der Waals surface area (Å²) in [5.74, 6) is -1.54. The number of carboxylic acids is 1. The topological polar surface area (TPSA) is 63.6 Å². The highest BCUT2D eigenvalue weighted by Crippen LogP contribution is 2.17. The van der Waals surface area contributed by atoms with E-state index < -0.39 is 11.8 Å². The lowest BCUT2D eigenvalue weighted by Gasteiger charge is -2.10. The maximum Gasteiger partial charge on any atom is 0.377 e. The molecule has 21 heavy (non-hydrogen) atoms. The number of aliphatic carboxylic acids is 1.